The summed E-state index contributed by atoms with van der Waals surface area (Å²) >= 11 is 0. The van der Waals surface area contributed by atoms with Gasteiger partial charge in [-0.3, -0.25) is 9.69 Å². The number of hydrogen-bond donors (Lipinski definition) is 1. The van der Waals surface area contributed by atoms with Crippen LogP contribution >= 0.6 is 0 Å². The van der Waals surface area contributed by atoms with Gasteiger partial charge in [0.2, 0.25) is 0 Å². The first-order chi connectivity index (χ1) is 6.60. The summed E-state index contributed by atoms with van der Waals surface area (Å²) in [4.78, 5) is 13.8. The Labute approximate surface area is 83.8 Å². The molecule has 0 aromatic heterocycles. The highest BCUT2D eigenvalue weighted by molar-refractivity contribution is 5.81. The predicted molar refractivity (Wildman–Crippen MR) is 50.8 cm³/mol. The fourth-order valence-electron chi connectivity index (χ4n) is 2.95. The second-order valence-electron chi connectivity index (χ2n) is 4.42. The summed E-state index contributed by atoms with van der Waals surface area (Å²) in [6, 6.07) is 0.345. The van der Waals surface area contributed by atoms with E-state index in [1.807, 2.05) is 7.05 Å². The normalized spacial score (nSPS) is 42.5. The molecule has 2 rings (SSSR count). The van der Waals surface area contributed by atoms with Crippen molar-refractivity contribution in [3.8, 4) is 0 Å². The number of likely N-dealkylation sites (N-methyl/N-ethyl adjacent to an activating group) is 1. The first-order valence-electron chi connectivity index (χ1n) is 5.09. The monoisotopic (exact) mass is 199 g/mol. The predicted octanol–water partition coefficient (Wildman–Crippen LogP) is 0.147. The number of piperidine rings is 1. The molecule has 2 aliphatic heterocycles. The quantitative estimate of drug-likeness (QED) is 0.611. The molecule has 3 atom stereocenters. The lowest BCUT2D eigenvalue weighted by atomic mass is 9.87. The van der Waals surface area contributed by atoms with E-state index in [1.165, 1.54) is 7.11 Å². The number of esters is 1. The largest absolute Gasteiger partial charge is 0.468 e. The number of hydrogen-bond acceptors (Lipinski definition) is 4. The highest BCUT2D eigenvalue weighted by atomic mass is 16.5. The molecule has 0 radical (unpaired) electrons. The van der Waals surface area contributed by atoms with Crippen LogP contribution in [-0.4, -0.2) is 47.8 Å². The van der Waals surface area contributed by atoms with E-state index in [-0.39, 0.29) is 12.1 Å². The molecule has 2 aliphatic rings. The van der Waals surface area contributed by atoms with E-state index in [0.29, 0.717) is 12.5 Å². The van der Waals surface area contributed by atoms with Gasteiger partial charge in [0, 0.05) is 12.5 Å². The third-order valence-electron chi connectivity index (χ3n) is 3.80. The summed E-state index contributed by atoms with van der Waals surface area (Å²) in [7, 11) is 3.37. The van der Waals surface area contributed by atoms with Gasteiger partial charge in [0.1, 0.15) is 5.54 Å². The van der Waals surface area contributed by atoms with Gasteiger partial charge < -0.3 is 9.84 Å². The van der Waals surface area contributed by atoms with E-state index in [9.17, 15) is 9.90 Å². The van der Waals surface area contributed by atoms with Crippen LogP contribution in [0.15, 0.2) is 0 Å². The highest BCUT2D eigenvalue weighted by Crippen LogP contribution is 2.43. The van der Waals surface area contributed by atoms with E-state index in [1.54, 1.807) is 0 Å². The highest BCUT2D eigenvalue weighted by Gasteiger charge is 2.55. The van der Waals surface area contributed by atoms with Crippen LogP contribution in [0, 0.1) is 0 Å². The number of ether oxygens (including phenoxy) is 1. The first-order valence-corrected chi connectivity index (χ1v) is 5.09. The van der Waals surface area contributed by atoms with E-state index >= 15 is 0 Å². The number of aliphatic hydroxyl groups excluding tert-OH is 1. The minimum atomic E-state index is -0.545. The van der Waals surface area contributed by atoms with E-state index in [0.717, 1.165) is 19.3 Å². The Bertz CT molecular complexity index is 256. The summed E-state index contributed by atoms with van der Waals surface area (Å²) in [5.41, 5.74) is -0.545. The van der Waals surface area contributed by atoms with Gasteiger partial charge in [-0.05, 0) is 26.3 Å². The van der Waals surface area contributed by atoms with Crippen molar-refractivity contribution in [3.05, 3.63) is 0 Å². The fourth-order valence-corrected chi connectivity index (χ4v) is 2.95. The van der Waals surface area contributed by atoms with E-state index in [4.69, 9.17) is 4.74 Å². The van der Waals surface area contributed by atoms with Gasteiger partial charge in [-0.1, -0.05) is 0 Å². The van der Waals surface area contributed by atoms with Gasteiger partial charge in [-0.15, -0.1) is 0 Å². The minimum absolute atomic E-state index is 0.193. The van der Waals surface area contributed by atoms with Gasteiger partial charge in [0.25, 0.3) is 0 Å². The van der Waals surface area contributed by atoms with Crippen LogP contribution in [0.4, 0.5) is 0 Å². The molecule has 0 saturated carbocycles. The van der Waals surface area contributed by atoms with Crippen molar-refractivity contribution in [1.29, 1.82) is 0 Å². The summed E-state index contributed by atoms with van der Waals surface area (Å²) in [6.45, 7) is 0. The van der Waals surface area contributed by atoms with Crippen LogP contribution in [0.5, 0.6) is 0 Å². The third-order valence-corrected chi connectivity index (χ3v) is 3.80. The van der Waals surface area contributed by atoms with Crippen molar-refractivity contribution >= 4 is 5.97 Å². The molecule has 2 fully saturated rings. The molecule has 2 heterocycles. The Morgan fingerprint density at radius 3 is 3.00 bits per heavy atom. The van der Waals surface area contributed by atoms with Crippen LogP contribution < -0.4 is 0 Å². The summed E-state index contributed by atoms with van der Waals surface area (Å²) in [5, 5.41) is 9.68. The van der Waals surface area contributed by atoms with Gasteiger partial charge in [0.05, 0.1) is 13.2 Å². The molecular weight excluding hydrogens is 182 g/mol. The second-order valence-corrected chi connectivity index (χ2v) is 4.42. The molecule has 2 saturated heterocycles. The Balaban J connectivity index is 2.27. The Morgan fingerprint density at radius 1 is 1.64 bits per heavy atom. The number of fused-ring (bicyclic) bond motifs is 2. The van der Waals surface area contributed by atoms with Crippen molar-refractivity contribution in [2.75, 3.05) is 14.2 Å². The lowest BCUT2D eigenvalue weighted by Crippen LogP contribution is -2.57. The number of methoxy groups -OCH3 is 1. The van der Waals surface area contributed by atoms with Gasteiger partial charge in [-0.2, -0.15) is 0 Å². The zero-order valence-electron chi connectivity index (χ0n) is 8.69. The standard InChI is InChI=1S/C10H17NO3/c1-11-7-3-4-10(11,9(13)14-2)6-8(12)5-7/h7-8,12H,3-6H2,1-2H3/t7-,8?,10+/m0/s1. The van der Waals surface area contributed by atoms with Crippen molar-refractivity contribution in [3.63, 3.8) is 0 Å². The molecule has 0 spiro atoms. The maximum Gasteiger partial charge on any atom is 0.326 e. The van der Waals surface area contributed by atoms with Crippen molar-refractivity contribution < 1.29 is 14.6 Å². The third kappa shape index (κ3) is 1.17. The average molecular weight is 199 g/mol. The Morgan fingerprint density at radius 2 is 2.36 bits per heavy atom. The topological polar surface area (TPSA) is 49.8 Å². The lowest BCUT2D eigenvalue weighted by Gasteiger charge is -2.42. The zero-order valence-corrected chi connectivity index (χ0v) is 8.69. The number of aliphatic hydroxyl groups is 1. The molecule has 2 bridgehead atoms. The van der Waals surface area contributed by atoms with Gasteiger partial charge >= 0.3 is 5.97 Å². The lowest BCUT2D eigenvalue weighted by molar-refractivity contribution is -0.158. The van der Waals surface area contributed by atoms with E-state index in [2.05, 4.69) is 4.90 Å². The second kappa shape index (κ2) is 3.21. The van der Waals surface area contributed by atoms with E-state index < -0.39 is 5.54 Å². The van der Waals surface area contributed by atoms with Crippen molar-refractivity contribution in [1.82, 2.24) is 4.90 Å². The van der Waals surface area contributed by atoms with Crippen molar-refractivity contribution in [2.45, 2.75) is 43.4 Å². The van der Waals surface area contributed by atoms with Gasteiger partial charge in [0.15, 0.2) is 0 Å². The fraction of sp³-hybridized carbons (Fsp3) is 0.900. The molecule has 0 aromatic carbocycles. The number of nitrogens with zero attached hydrogens (tertiary/aromatic N) is 1. The zero-order chi connectivity index (χ0) is 10.3. The first kappa shape index (κ1) is 9.93. The summed E-state index contributed by atoms with van der Waals surface area (Å²) in [6.07, 6.45) is 2.76. The van der Waals surface area contributed by atoms with Gasteiger partial charge in [-0.25, -0.2) is 0 Å². The molecule has 4 heteroatoms. The molecule has 4 nitrogen and oxygen atoms in total. The maximum absolute atomic E-state index is 11.7. The van der Waals surface area contributed by atoms with Crippen LogP contribution in [0.2, 0.25) is 0 Å². The average Bonchev–Trinajstić information content (AvgIpc) is 2.39. The Kier molecular flexibility index (Phi) is 2.27. The number of rotatable bonds is 1. The number of carbonyl (C=O) groups excluding carboxylic acids is 1. The van der Waals surface area contributed by atoms with Crippen LogP contribution in [0.1, 0.15) is 25.7 Å². The number of carbonyl (C=O) groups is 1. The molecule has 1 N–H and O–H groups in total. The van der Waals surface area contributed by atoms with Crippen LogP contribution in [0.25, 0.3) is 0 Å². The smallest absolute Gasteiger partial charge is 0.326 e. The van der Waals surface area contributed by atoms with Crippen LogP contribution in [0.3, 0.4) is 0 Å². The SMILES string of the molecule is COC(=O)[C@@]12CC[C@@H](CC(O)C1)N2C. The minimum Gasteiger partial charge on any atom is -0.468 e. The Hall–Kier alpha value is -0.610. The molecule has 80 valence electrons. The molecule has 14 heavy (non-hydrogen) atoms. The molecular formula is C10H17NO3. The molecule has 0 amide bonds. The summed E-state index contributed by atoms with van der Waals surface area (Å²) < 4.78 is 4.84. The molecule has 0 aromatic rings. The van der Waals surface area contributed by atoms with Crippen molar-refractivity contribution in [2.24, 2.45) is 0 Å². The maximum atomic E-state index is 11.7. The van der Waals surface area contributed by atoms with Crippen LogP contribution in [-0.2, 0) is 9.53 Å². The summed E-state index contributed by atoms with van der Waals surface area (Å²) in [5.74, 6) is -0.193. The molecule has 1 unspecified atom stereocenters. The molecule has 0 aliphatic carbocycles.